The number of aromatic amines is 1. The lowest BCUT2D eigenvalue weighted by Gasteiger charge is -2.06. The van der Waals surface area contributed by atoms with Crippen molar-refractivity contribution < 1.29 is 0 Å². The van der Waals surface area contributed by atoms with Gasteiger partial charge in [0.05, 0.1) is 0 Å². The predicted octanol–water partition coefficient (Wildman–Crippen LogP) is 0.218. The molecule has 6 heteroatoms. The molecule has 1 saturated heterocycles. The molecular formula is C5H9N5S. The lowest BCUT2D eigenvalue weighted by atomic mass is 10.3. The number of rotatable bonds is 1. The third-order valence-electron chi connectivity index (χ3n) is 1.77. The first-order chi connectivity index (χ1) is 5.36. The Hall–Kier alpha value is -0.750. The van der Waals surface area contributed by atoms with Crippen molar-refractivity contribution >= 4 is 12.2 Å². The number of aromatic nitrogens is 4. The van der Waals surface area contributed by atoms with Gasteiger partial charge in [0.25, 0.3) is 0 Å². The van der Waals surface area contributed by atoms with Gasteiger partial charge in [0.15, 0.2) is 0 Å². The van der Waals surface area contributed by atoms with Crippen molar-refractivity contribution in [2.75, 3.05) is 6.54 Å². The van der Waals surface area contributed by atoms with E-state index in [0.717, 1.165) is 13.0 Å². The molecule has 1 aliphatic rings. The first-order valence-corrected chi connectivity index (χ1v) is 4.02. The van der Waals surface area contributed by atoms with E-state index in [-0.39, 0.29) is 6.17 Å². The molecule has 1 fully saturated rings. The average Bonchev–Trinajstić information content (AvgIpc) is 2.55. The number of hydrogen-bond acceptors (Lipinski definition) is 4. The number of nitrogens with one attached hydrogen (secondary N) is 2. The summed E-state index contributed by atoms with van der Waals surface area (Å²) in [6.45, 7) is 1.05. The van der Waals surface area contributed by atoms with Gasteiger partial charge in [-0.2, -0.15) is 4.80 Å². The summed E-state index contributed by atoms with van der Waals surface area (Å²) in [6.07, 6.45) is 2.54. The first kappa shape index (κ1) is 6.93. The van der Waals surface area contributed by atoms with E-state index in [1.165, 1.54) is 6.42 Å². The largest absolute Gasteiger partial charge is 0.294 e. The molecule has 0 aliphatic carbocycles. The van der Waals surface area contributed by atoms with Crippen LogP contribution in [-0.4, -0.2) is 26.8 Å². The molecule has 2 N–H and O–H groups in total. The maximum absolute atomic E-state index is 4.79. The van der Waals surface area contributed by atoms with Crippen molar-refractivity contribution in [3.05, 3.63) is 4.77 Å². The summed E-state index contributed by atoms with van der Waals surface area (Å²) in [5.74, 6) is 0. The van der Waals surface area contributed by atoms with Crippen LogP contribution in [0.1, 0.15) is 19.0 Å². The molecule has 1 aromatic heterocycles. The highest BCUT2D eigenvalue weighted by Gasteiger charge is 2.16. The minimum absolute atomic E-state index is 0.263. The molecular weight excluding hydrogens is 162 g/mol. The third kappa shape index (κ3) is 1.31. The Bertz CT molecular complexity index is 283. The fourth-order valence-electron chi connectivity index (χ4n) is 1.25. The maximum atomic E-state index is 4.79. The minimum atomic E-state index is 0.263. The molecule has 0 bridgehead atoms. The van der Waals surface area contributed by atoms with E-state index >= 15 is 0 Å². The van der Waals surface area contributed by atoms with Crippen LogP contribution in [0.2, 0.25) is 0 Å². The normalized spacial score (nSPS) is 24.2. The van der Waals surface area contributed by atoms with E-state index in [4.69, 9.17) is 12.2 Å². The molecule has 1 aliphatic heterocycles. The van der Waals surface area contributed by atoms with E-state index in [1.54, 1.807) is 4.80 Å². The van der Waals surface area contributed by atoms with Gasteiger partial charge in [0, 0.05) is 0 Å². The van der Waals surface area contributed by atoms with Crippen molar-refractivity contribution in [1.82, 2.24) is 25.5 Å². The number of hydrogen-bond donors (Lipinski definition) is 2. The SMILES string of the molecule is S=c1nnn([C@@H]2CCCN2)[nH]1. The molecule has 60 valence electrons. The molecule has 0 radical (unpaired) electrons. The molecule has 5 nitrogen and oxygen atoms in total. The second-order valence-corrected chi connectivity index (χ2v) is 2.95. The lowest BCUT2D eigenvalue weighted by molar-refractivity contribution is 0.370. The fraction of sp³-hybridized carbons (Fsp3) is 0.800. The molecule has 0 unspecified atom stereocenters. The van der Waals surface area contributed by atoms with Crippen molar-refractivity contribution in [2.45, 2.75) is 19.0 Å². The highest BCUT2D eigenvalue weighted by atomic mass is 32.1. The van der Waals surface area contributed by atoms with Gasteiger partial charge in [0.2, 0.25) is 4.77 Å². The Morgan fingerprint density at radius 1 is 1.64 bits per heavy atom. The van der Waals surface area contributed by atoms with Crippen molar-refractivity contribution in [3.63, 3.8) is 0 Å². The average molecular weight is 171 g/mol. The summed E-state index contributed by atoms with van der Waals surface area (Å²) in [7, 11) is 0. The number of H-pyrrole nitrogens is 1. The van der Waals surface area contributed by atoms with Crippen molar-refractivity contribution in [1.29, 1.82) is 0 Å². The third-order valence-corrected chi connectivity index (χ3v) is 1.94. The number of nitrogens with zero attached hydrogens (tertiary/aromatic N) is 3. The molecule has 1 aromatic rings. The standard InChI is InChI=1S/C5H9N5S/c11-5-7-9-10(8-5)4-2-1-3-6-4/h4,6H,1-3H2,(H,8,11)/t4-/m1/s1. The second-order valence-electron chi connectivity index (χ2n) is 2.56. The quantitative estimate of drug-likeness (QED) is 0.593. The van der Waals surface area contributed by atoms with Gasteiger partial charge in [-0.25, -0.2) is 0 Å². The summed E-state index contributed by atoms with van der Waals surface area (Å²) in [5.41, 5.74) is 0. The molecule has 2 heterocycles. The van der Waals surface area contributed by atoms with Crippen molar-refractivity contribution in [3.8, 4) is 0 Å². The van der Waals surface area contributed by atoms with Crippen LogP contribution >= 0.6 is 12.2 Å². The zero-order valence-electron chi connectivity index (χ0n) is 5.95. The Kier molecular flexibility index (Phi) is 1.71. The van der Waals surface area contributed by atoms with E-state index in [9.17, 15) is 0 Å². The smallest absolute Gasteiger partial charge is 0.235 e. The zero-order valence-corrected chi connectivity index (χ0v) is 6.77. The summed E-state index contributed by atoms with van der Waals surface area (Å²) >= 11 is 4.79. The van der Waals surface area contributed by atoms with Crippen LogP contribution in [0.4, 0.5) is 0 Å². The van der Waals surface area contributed by atoms with Crippen LogP contribution in [0.5, 0.6) is 0 Å². The van der Waals surface area contributed by atoms with Crippen LogP contribution in [0.3, 0.4) is 0 Å². The molecule has 1 atom stereocenters. The van der Waals surface area contributed by atoms with Gasteiger partial charge >= 0.3 is 0 Å². The van der Waals surface area contributed by atoms with Crippen LogP contribution in [0.25, 0.3) is 0 Å². The predicted molar refractivity (Wildman–Crippen MR) is 41.5 cm³/mol. The van der Waals surface area contributed by atoms with Crippen LogP contribution in [0.15, 0.2) is 0 Å². The van der Waals surface area contributed by atoms with Gasteiger partial charge in [-0.3, -0.25) is 10.4 Å². The fourth-order valence-corrected chi connectivity index (χ4v) is 1.38. The molecule has 0 spiro atoms. The molecule has 2 rings (SSSR count). The molecule has 0 saturated carbocycles. The maximum Gasteiger partial charge on any atom is 0.235 e. The Morgan fingerprint density at radius 2 is 2.55 bits per heavy atom. The molecule has 11 heavy (non-hydrogen) atoms. The monoisotopic (exact) mass is 171 g/mol. The van der Waals surface area contributed by atoms with E-state index in [0.29, 0.717) is 4.77 Å². The Morgan fingerprint density at radius 3 is 3.09 bits per heavy atom. The van der Waals surface area contributed by atoms with E-state index < -0.39 is 0 Å². The highest BCUT2D eigenvalue weighted by molar-refractivity contribution is 7.71. The first-order valence-electron chi connectivity index (χ1n) is 3.61. The summed E-state index contributed by atoms with van der Waals surface area (Å²) in [5, 5.41) is 13.7. The number of tetrazole rings is 1. The Balaban J connectivity index is 2.21. The second kappa shape index (κ2) is 2.71. The Labute approximate surface area is 68.8 Å². The van der Waals surface area contributed by atoms with Crippen LogP contribution in [-0.2, 0) is 0 Å². The van der Waals surface area contributed by atoms with Crippen LogP contribution in [0, 0.1) is 4.77 Å². The van der Waals surface area contributed by atoms with E-state index in [2.05, 4.69) is 20.7 Å². The van der Waals surface area contributed by atoms with Crippen LogP contribution < -0.4 is 5.32 Å². The zero-order chi connectivity index (χ0) is 7.68. The van der Waals surface area contributed by atoms with Gasteiger partial charge in [-0.15, -0.1) is 0 Å². The summed E-state index contributed by atoms with van der Waals surface area (Å²) in [4.78, 5) is 1.68. The topological polar surface area (TPSA) is 58.5 Å². The van der Waals surface area contributed by atoms with E-state index in [1.807, 2.05) is 0 Å². The van der Waals surface area contributed by atoms with Gasteiger partial charge in [0.1, 0.15) is 6.17 Å². The summed E-state index contributed by atoms with van der Waals surface area (Å²) in [6, 6.07) is 0. The highest BCUT2D eigenvalue weighted by Crippen LogP contribution is 2.12. The van der Waals surface area contributed by atoms with Gasteiger partial charge in [-0.05, 0) is 36.8 Å². The van der Waals surface area contributed by atoms with Gasteiger partial charge in [-0.1, -0.05) is 5.10 Å². The molecule has 0 amide bonds. The van der Waals surface area contributed by atoms with Gasteiger partial charge < -0.3 is 0 Å². The summed E-state index contributed by atoms with van der Waals surface area (Å²) < 4.78 is 0.443. The molecule has 0 aromatic carbocycles. The van der Waals surface area contributed by atoms with Crippen molar-refractivity contribution in [2.24, 2.45) is 0 Å². The minimum Gasteiger partial charge on any atom is -0.294 e. The lowest BCUT2D eigenvalue weighted by Crippen LogP contribution is -2.22.